The molecule has 0 aliphatic rings. The van der Waals surface area contributed by atoms with Gasteiger partial charge >= 0.3 is 0 Å². The quantitative estimate of drug-likeness (QED) is 0.709. The summed E-state index contributed by atoms with van der Waals surface area (Å²) < 4.78 is 0. The van der Waals surface area contributed by atoms with Crippen molar-refractivity contribution in [3.63, 3.8) is 0 Å². The van der Waals surface area contributed by atoms with Gasteiger partial charge in [0.15, 0.2) is 5.78 Å². The lowest BCUT2D eigenvalue weighted by molar-refractivity contribution is 0.0979. The van der Waals surface area contributed by atoms with Crippen LogP contribution in [0.3, 0.4) is 0 Å². The zero-order valence-electron chi connectivity index (χ0n) is 12.6. The minimum atomic E-state index is 0.274. The monoisotopic (exact) mass is 266 g/mol. The molecule has 2 aromatic rings. The van der Waals surface area contributed by atoms with Crippen LogP contribution in [-0.4, -0.2) is 5.78 Å². The fraction of sp³-hybridized carbons (Fsp3) is 0.316. The lowest BCUT2D eigenvalue weighted by Gasteiger charge is -2.10. The highest BCUT2D eigenvalue weighted by Crippen LogP contribution is 2.19. The number of Topliss-reactive ketones (excluding diaryl/α,β-unsaturated/α-hetero) is 1. The standard InChI is InChI=1S/C19H22O/c1-14-12-15(2)19(16(3)13-14)18(20)11-7-10-17-8-5-4-6-9-17/h4-6,8-9,12-13H,7,10-11H2,1-3H3. The summed E-state index contributed by atoms with van der Waals surface area (Å²) in [5.41, 5.74) is 5.65. The van der Waals surface area contributed by atoms with Crippen LogP contribution in [0.15, 0.2) is 42.5 Å². The molecule has 0 radical (unpaired) electrons. The van der Waals surface area contributed by atoms with Gasteiger partial charge in [-0.1, -0.05) is 48.0 Å². The normalized spacial score (nSPS) is 10.6. The summed E-state index contributed by atoms with van der Waals surface area (Å²) in [6.45, 7) is 6.14. The molecule has 1 nitrogen and oxygen atoms in total. The van der Waals surface area contributed by atoms with Crippen LogP contribution in [0.5, 0.6) is 0 Å². The van der Waals surface area contributed by atoms with Gasteiger partial charge in [-0.15, -0.1) is 0 Å². The molecule has 0 saturated heterocycles. The fourth-order valence-electron chi connectivity index (χ4n) is 2.84. The third-order valence-corrected chi connectivity index (χ3v) is 3.67. The summed E-state index contributed by atoms with van der Waals surface area (Å²) in [5, 5.41) is 0. The number of carbonyl (C=O) groups is 1. The highest BCUT2D eigenvalue weighted by atomic mass is 16.1. The Morgan fingerprint density at radius 2 is 1.55 bits per heavy atom. The Morgan fingerprint density at radius 3 is 2.15 bits per heavy atom. The van der Waals surface area contributed by atoms with Gasteiger partial charge in [-0.25, -0.2) is 0 Å². The van der Waals surface area contributed by atoms with E-state index in [1.165, 1.54) is 11.1 Å². The second-order valence-corrected chi connectivity index (χ2v) is 5.54. The zero-order chi connectivity index (χ0) is 14.5. The third-order valence-electron chi connectivity index (χ3n) is 3.67. The van der Waals surface area contributed by atoms with Crippen molar-refractivity contribution in [3.05, 3.63) is 70.3 Å². The smallest absolute Gasteiger partial charge is 0.163 e. The van der Waals surface area contributed by atoms with Gasteiger partial charge in [-0.3, -0.25) is 4.79 Å². The highest BCUT2D eigenvalue weighted by Gasteiger charge is 2.12. The minimum absolute atomic E-state index is 0.274. The van der Waals surface area contributed by atoms with Gasteiger partial charge in [0.25, 0.3) is 0 Å². The first kappa shape index (κ1) is 14.5. The summed E-state index contributed by atoms with van der Waals surface area (Å²) >= 11 is 0. The summed E-state index contributed by atoms with van der Waals surface area (Å²) in [4.78, 5) is 12.4. The molecule has 0 unspecified atom stereocenters. The predicted molar refractivity (Wildman–Crippen MR) is 84.4 cm³/mol. The van der Waals surface area contributed by atoms with Gasteiger partial charge in [0, 0.05) is 12.0 Å². The Kier molecular flexibility index (Phi) is 4.73. The Morgan fingerprint density at radius 1 is 0.950 bits per heavy atom. The molecular weight excluding hydrogens is 244 g/mol. The van der Waals surface area contributed by atoms with Crippen molar-refractivity contribution in [1.82, 2.24) is 0 Å². The molecule has 0 atom stereocenters. The van der Waals surface area contributed by atoms with Crippen molar-refractivity contribution in [2.75, 3.05) is 0 Å². The van der Waals surface area contributed by atoms with Crippen molar-refractivity contribution in [2.24, 2.45) is 0 Å². The average molecular weight is 266 g/mol. The van der Waals surface area contributed by atoms with E-state index in [2.05, 4.69) is 31.2 Å². The van der Waals surface area contributed by atoms with E-state index in [0.29, 0.717) is 6.42 Å². The van der Waals surface area contributed by atoms with E-state index >= 15 is 0 Å². The first-order valence-corrected chi connectivity index (χ1v) is 7.23. The van der Waals surface area contributed by atoms with E-state index in [1.54, 1.807) is 0 Å². The van der Waals surface area contributed by atoms with Crippen molar-refractivity contribution in [3.8, 4) is 0 Å². The molecule has 0 spiro atoms. The van der Waals surface area contributed by atoms with Gasteiger partial charge in [-0.05, 0) is 50.3 Å². The molecule has 0 aromatic heterocycles. The van der Waals surface area contributed by atoms with Crippen LogP contribution >= 0.6 is 0 Å². The molecule has 104 valence electrons. The van der Waals surface area contributed by atoms with Crippen LogP contribution in [0.4, 0.5) is 0 Å². The Balaban J connectivity index is 1.99. The first-order valence-electron chi connectivity index (χ1n) is 7.23. The lowest BCUT2D eigenvalue weighted by atomic mass is 9.94. The Bertz CT molecular complexity index is 573. The molecule has 20 heavy (non-hydrogen) atoms. The maximum Gasteiger partial charge on any atom is 0.163 e. The molecule has 0 amide bonds. The highest BCUT2D eigenvalue weighted by molar-refractivity contribution is 5.98. The predicted octanol–water partition coefficient (Wildman–Crippen LogP) is 4.82. The number of carbonyl (C=O) groups excluding carboxylic acids is 1. The molecule has 0 saturated carbocycles. The fourth-order valence-corrected chi connectivity index (χ4v) is 2.84. The molecule has 0 bridgehead atoms. The largest absolute Gasteiger partial charge is 0.294 e. The summed E-state index contributed by atoms with van der Waals surface area (Å²) in [7, 11) is 0. The molecule has 0 fully saturated rings. The van der Waals surface area contributed by atoms with Crippen molar-refractivity contribution >= 4 is 5.78 Å². The van der Waals surface area contributed by atoms with Gasteiger partial charge in [0.05, 0.1) is 0 Å². The van der Waals surface area contributed by atoms with Crippen LogP contribution in [-0.2, 0) is 6.42 Å². The molecule has 0 aliphatic heterocycles. The topological polar surface area (TPSA) is 17.1 Å². The van der Waals surface area contributed by atoms with Crippen LogP contribution < -0.4 is 0 Å². The Hall–Kier alpha value is -1.89. The second-order valence-electron chi connectivity index (χ2n) is 5.54. The molecule has 0 N–H and O–H groups in total. The first-order chi connectivity index (χ1) is 9.58. The van der Waals surface area contributed by atoms with Crippen LogP contribution in [0.2, 0.25) is 0 Å². The molecular formula is C19H22O. The van der Waals surface area contributed by atoms with Crippen molar-refractivity contribution < 1.29 is 4.79 Å². The third kappa shape index (κ3) is 3.57. The molecule has 2 aromatic carbocycles. The van der Waals surface area contributed by atoms with Crippen LogP contribution in [0, 0.1) is 20.8 Å². The number of rotatable bonds is 5. The average Bonchev–Trinajstić information content (AvgIpc) is 2.38. The van der Waals surface area contributed by atoms with E-state index in [9.17, 15) is 4.79 Å². The van der Waals surface area contributed by atoms with Crippen LogP contribution in [0.1, 0.15) is 45.5 Å². The van der Waals surface area contributed by atoms with E-state index < -0.39 is 0 Å². The van der Waals surface area contributed by atoms with E-state index in [-0.39, 0.29) is 5.78 Å². The van der Waals surface area contributed by atoms with Gasteiger partial charge in [0.1, 0.15) is 0 Å². The van der Waals surface area contributed by atoms with Crippen LogP contribution in [0.25, 0.3) is 0 Å². The number of benzene rings is 2. The summed E-state index contributed by atoms with van der Waals surface area (Å²) in [6, 6.07) is 14.5. The molecule has 0 aliphatic carbocycles. The van der Waals surface area contributed by atoms with E-state index in [0.717, 1.165) is 29.5 Å². The van der Waals surface area contributed by atoms with Crippen molar-refractivity contribution in [1.29, 1.82) is 0 Å². The van der Waals surface area contributed by atoms with Gasteiger partial charge in [0.2, 0.25) is 0 Å². The molecule has 1 heteroatoms. The number of ketones is 1. The maximum absolute atomic E-state index is 12.4. The number of hydrogen-bond donors (Lipinski definition) is 0. The van der Waals surface area contributed by atoms with Gasteiger partial charge < -0.3 is 0 Å². The molecule has 2 rings (SSSR count). The minimum Gasteiger partial charge on any atom is -0.294 e. The zero-order valence-corrected chi connectivity index (χ0v) is 12.6. The maximum atomic E-state index is 12.4. The Labute approximate surface area is 121 Å². The van der Waals surface area contributed by atoms with Crippen molar-refractivity contribution in [2.45, 2.75) is 40.0 Å². The molecule has 0 heterocycles. The second kappa shape index (κ2) is 6.51. The van der Waals surface area contributed by atoms with E-state index in [4.69, 9.17) is 0 Å². The lowest BCUT2D eigenvalue weighted by Crippen LogP contribution is -2.05. The summed E-state index contributed by atoms with van der Waals surface area (Å²) in [5.74, 6) is 0.274. The van der Waals surface area contributed by atoms with E-state index in [1.807, 2.05) is 32.0 Å². The summed E-state index contributed by atoms with van der Waals surface area (Å²) in [6.07, 6.45) is 2.51. The number of hydrogen-bond acceptors (Lipinski definition) is 1. The van der Waals surface area contributed by atoms with Gasteiger partial charge in [-0.2, -0.15) is 0 Å². The number of aryl methyl sites for hydroxylation is 4. The SMILES string of the molecule is Cc1cc(C)c(C(=O)CCCc2ccccc2)c(C)c1.